The lowest BCUT2D eigenvalue weighted by Crippen LogP contribution is -2.38. The Bertz CT molecular complexity index is 824. The van der Waals surface area contributed by atoms with Crippen molar-refractivity contribution >= 4 is 5.91 Å². The third-order valence-electron chi connectivity index (χ3n) is 5.32. The number of likely N-dealkylation sites (tertiary alicyclic amines) is 1. The molecule has 1 saturated heterocycles. The second-order valence-electron chi connectivity index (χ2n) is 7.35. The molecule has 0 saturated carbocycles. The van der Waals surface area contributed by atoms with Crippen molar-refractivity contribution in [1.82, 2.24) is 19.2 Å². The molecule has 0 N–H and O–H groups in total. The van der Waals surface area contributed by atoms with Crippen molar-refractivity contribution in [2.45, 2.75) is 52.0 Å². The van der Waals surface area contributed by atoms with Crippen molar-refractivity contribution in [3.63, 3.8) is 0 Å². The van der Waals surface area contributed by atoms with Crippen LogP contribution in [0.3, 0.4) is 0 Å². The molecule has 1 aliphatic heterocycles. The van der Waals surface area contributed by atoms with E-state index in [9.17, 15) is 9.59 Å². The molecule has 6 nitrogen and oxygen atoms in total. The first-order chi connectivity index (χ1) is 12.4. The van der Waals surface area contributed by atoms with Gasteiger partial charge in [0.05, 0.1) is 0 Å². The highest BCUT2D eigenvalue weighted by Gasteiger charge is 2.28. The predicted molar refractivity (Wildman–Crippen MR) is 102 cm³/mol. The second kappa shape index (κ2) is 7.48. The van der Waals surface area contributed by atoms with Gasteiger partial charge in [0.2, 0.25) is 0 Å². The highest BCUT2D eigenvalue weighted by Crippen LogP contribution is 2.27. The minimum atomic E-state index is -0.0637. The molecule has 6 heteroatoms. The molecule has 2 heterocycles. The molecule has 1 aliphatic rings. The fraction of sp³-hybridized carbons (Fsp3) is 0.550. The molecule has 1 fully saturated rings. The maximum Gasteiger partial charge on any atom is 0.345 e. The highest BCUT2D eigenvalue weighted by molar-refractivity contribution is 5.94. The van der Waals surface area contributed by atoms with E-state index in [1.165, 1.54) is 10.2 Å². The molecule has 1 aromatic heterocycles. The largest absolute Gasteiger partial charge is 0.345 e. The third-order valence-corrected chi connectivity index (χ3v) is 5.32. The molecule has 0 unspecified atom stereocenters. The number of carbonyl (C=O) groups is 1. The zero-order valence-corrected chi connectivity index (χ0v) is 16.1. The summed E-state index contributed by atoms with van der Waals surface area (Å²) in [6, 6.07) is 7.94. The van der Waals surface area contributed by atoms with Crippen LogP contribution in [0.1, 0.15) is 67.2 Å². The van der Waals surface area contributed by atoms with E-state index in [-0.39, 0.29) is 17.5 Å². The third kappa shape index (κ3) is 3.45. The number of hydrogen-bond donors (Lipinski definition) is 0. The van der Waals surface area contributed by atoms with Crippen molar-refractivity contribution in [3.8, 4) is 0 Å². The van der Waals surface area contributed by atoms with Gasteiger partial charge in [-0.15, -0.1) is 0 Å². The summed E-state index contributed by atoms with van der Waals surface area (Å²) >= 11 is 0. The molecule has 3 rings (SSSR count). The van der Waals surface area contributed by atoms with Crippen LogP contribution in [0.5, 0.6) is 0 Å². The van der Waals surface area contributed by atoms with E-state index >= 15 is 0 Å². The van der Waals surface area contributed by atoms with Gasteiger partial charge in [-0.3, -0.25) is 9.36 Å². The fourth-order valence-electron chi connectivity index (χ4n) is 3.66. The van der Waals surface area contributed by atoms with Crippen LogP contribution in [0.2, 0.25) is 0 Å². The number of benzene rings is 1. The van der Waals surface area contributed by atoms with Crippen LogP contribution in [0.15, 0.2) is 29.1 Å². The van der Waals surface area contributed by atoms with Gasteiger partial charge in [-0.05, 0) is 43.4 Å². The predicted octanol–water partition coefficient (Wildman–Crippen LogP) is 2.74. The SMILES string of the molecule is CCn1c(C2CCN(C(=O)c3ccc(C(C)C)cc3)CC2)nn(C)c1=O. The Kier molecular flexibility index (Phi) is 5.30. The molecule has 0 bridgehead atoms. The maximum atomic E-state index is 12.8. The minimum absolute atomic E-state index is 0.0637. The number of amides is 1. The standard InChI is InChI=1S/C20H28N4O2/c1-5-24-18(21-22(4)20(24)26)16-10-12-23(13-11-16)19(25)17-8-6-15(7-9-17)14(2)3/h6-9,14,16H,5,10-13H2,1-4H3. The van der Waals surface area contributed by atoms with E-state index in [0.717, 1.165) is 24.2 Å². The summed E-state index contributed by atoms with van der Waals surface area (Å²) in [4.78, 5) is 26.8. The molecule has 0 spiro atoms. The van der Waals surface area contributed by atoms with Crippen LogP contribution in [0.4, 0.5) is 0 Å². The Balaban J connectivity index is 1.67. The van der Waals surface area contributed by atoms with E-state index in [0.29, 0.717) is 25.6 Å². The average molecular weight is 356 g/mol. The average Bonchev–Trinajstić information content (AvgIpc) is 2.95. The highest BCUT2D eigenvalue weighted by atomic mass is 16.2. The molecule has 2 aromatic rings. The first-order valence-corrected chi connectivity index (χ1v) is 9.45. The van der Waals surface area contributed by atoms with Gasteiger partial charge >= 0.3 is 5.69 Å². The van der Waals surface area contributed by atoms with E-state index in [1.54, 1.807) is 11.6 Å². The van der Waals surface area contributed by atoms with Crippen LogP contribution in [0, 0.1) is 0 Å². The number of carbonyl (C=O) groups excluding carboxylic acids is 1. The Labute approximate surface area is 154 Å². The number of rotatable bonds is 4. The molecule has 1 amide bonds. The summed E-state index contributed by atoms with van der Waals surface area (Å²) < 4.78 is 3.15. The quantitative estimate of drug-likeness (QED) is 0.846. The molecule has 26 heavy (non-hydrogen) atoms. The van der Waals surface area contributed by atoms with Crippen LogP contribution < -0.4 is 5.69 Å². The van der Waals surface area contributed by atoms with E-state index < -0.39 is 0 Å². The van der Waals surface area contributed by atoms with Gasteiger partial charge in [0.15, 0.2) is 0 Å². The lowest BCUT2D eigenvalue weighted by Gasteiger charge is -2.31. The number of hydrogen-bond acceptors (Lipinski definition) is 3. The summed E-state index contributed by atoms with van der Waals surface area (Å²) in [5, 5.41) is 4.42. The Morgan fingerprint density at radius 2 is 1.81 bits per heavy atom. The van der Waals surface area contributed by atoms with Gasteiger partial charge < -0.3 is 4.90 Å². The van der Waals surface area contributed by atoms with Crippen molar-refractivity contribution in [1.29, 1.82) is 0 Å². The normalized spacial score (nSPS) is 15.7. The van der Waals surface area contributed by atoms with E-state index in [4.69, 9.17) is 0 Å². The maximum absolute atomic E-state index is 12.8. The molecular formula is C20H28N4O2. The zero-order chi connectivity index (χ0) is 18.8. The Morgan fingerprint density at radius 3 is 2.35 bits per heavy atom. The van der Waals surface area contributed by atoms with Crippen LogP contribution in [0.25, 0.3) is 0 Å². The van der Waals surface area contributed by atoms with Crippen LogP contribution in [-0.4, -0.2) is 38.2 Å². The van der Waals surface area contributed by atoms with Gasteiger partial charge in [-0.25, -0.2) is 9.48 Å². The van der Waals surface area contributed by atoms with Crippen LogP contribution in [-0.2, 0) is 13.6 Å². The second-order valence-corrected chi connectivity index (χ2v) is 7.35. The molecule has 1 aromatic carbocycles. The topological polar surface area (TPSA) is 60.1 Å². The van der Waals surface area contributed by atoms with Crippen molar-refractivity contribution < 1.29 is 4.79 Å². The van der Waals surface area contributed by atoms with Gasteiger partial charge in [0, 0.05) is 38.2 Å². The minimum Gasteiger partial charge on any atom is -0.339 e. The molecule has 140 valence electrons. The number of aryl methyl sites for hydroxylation is 1. The van der Waals surface area contributed by atoms with Gasteiger partial charge in [0.25, 0.3) is 5.91 Å². The number of piperidine rings is 1. The van der Waals surface area contributed by atoms with Gasteiger partial charge in [0.1, 0.15) is 5.82 Å². The first kappa shape index (κ1) is 18.4. The molecule has 0 aliphatic carbocycles. The lowest BCUT2D eigenvalue weighted by atomic mass is 9.95. The first-order valence-electron chi connectivity index (χ1n) is 9.45. The van der Waals surface area contributed by atoms with E-state index in [2.05, 4.69) is 18.9 Å². The number of nitrogens with zero attached hydrogens (tertiary/aromatic N) is 4. The monoisotopic (exact) mass is 356 g/mol. The number of aromatic nitrogens is 3. The summed E-state index contributed by atoms with van der Waals surface area (Å²) in [6.45, 7) is 8.29. The summed E-state index contributed by atoms with van der Waals surface area (Å²) in [7, 11) is 1.69. The Morgan fingerprint density at radius 1 is 1.19 bits per heavy atom. The molecular weight excluding hydrogens is 328 g/mol. The van der Waals surface area contributed by atoms with Crippen molar-refractivity contribution in [2.24, 2.45) is 7.05 Å². The van der Waals surface area contributed by atoms with Gasteiger partial charge in [-0.1, -0.05) is 26.0 Å². The van der Waals surface area contributed by atoms with Crippen LogP contribution >= 0.6 is 0 Å². The molecule has 0 atom stereocenters. The fourth-order valence-corrected chi connectivity index (χ4v) is 3.66. The molecule has 0 radical (unpaired) electrons. The lowest BCUT2D eigenvalue weighted by molar-refractivity contribution is 0.0710. The smallest absolute Gasteiger partial charge is 0.339 e. The summed E-state index contributed by atoms with van der Waals surface area (Å²) in [6.07, 6.45) is 1.68. The van der Waals surface area contributed by atoms with Crippen molar-refractivity contribution in [2.75, 3.05) is 13.1 Å². The van der Waals surface area contributed by atoms with Gasteiger partial charge in [-0.2, -0.15) is 5.10 Å². The van der Waals surface area contributed by atoms with Crippen molar-refractivity contribution in [3.05, 3.63) is 51.7 Å². The summed E-state index contributed by atoms with van der Waals surface area (Å²) in [5.41, 5.74) is 1.93. The summed E-state index contributed by atoms with van der Waals surface area (Å²) in [5.74, 6) is 1.64. The zero-order valence-electron chi connectivity index (χ0n) is 16.1. The van der Waals surface area contributed by atoms with E-state index in [1.807, 2.05) is 36.1 Å². The Hall–Kier alpha value is -2.37.